The number of hydrogen-bond donors (Lipinski definition) is 2. The molecule has 5 heteroatoms. The molecule has 0 saturated carbocycles. The molecule has 24 heavy (non-hydrogen) atoms. The average molecular weight is 336 g/mol. The van der Waals surface area contributed by atoms with Crippen LogP contribution in [0.4, 0.5) is 5.69 Å². The van der Waals surface area contributed by atoms with E-state index in [2.05, 4.69) is 59.9 Å². The van der Waals surface area contributed by atoms with Crippen molar-refractivity contribution >= 4 is 23.0 Å². The Labute approximate surface area is 147 Å². The molecule has 0 spiro atoms. The Kier molecular flexibility index (Phi) is 4.91. The number of nitrogens with zero attached hydrogens (tertiary/aromatic N) is 2. The first kappa shape index (κ1) is 16.2. The molecule has 0 saturated heterocycles. The molecule has 122 valence electrons. The van der Waals surface area contributed by atoms with Crippen LogP contribution < -0.4 is 10.6 Å². The molecule has 0 aliphatic heterocycles. The maximum absolute atomic E-state index is 5.38. The van der Waals surface area contributed by atoms with Crippen LogP contribution in [0, 0.1) is 13.8 Å². The van der Waals surface area contributed by atoms with E-state index >= 15 is 0 Å². The van der Waals surface area contributed by atoms with Crippen molar-refractivity contribution < 1.29 is 0 Å². The van der Waals surface area contributed by atoms with E-state index in [1.165, 1.54) is 11.1 Å². The SMILES string of the molecule is Cc1ccc(NC(=S)NCc2ccc(-n3cccn3)cc2)c(C)c1. The van der Waals surface area contributed by atoms with Gasteiger partial charge in [-0.1, -0.05) is 29.8 Å². The van der Waals surface area contributed by atoms with Crippen LogP contribution in [0.5, 0.6) is 0 Å². The van der Waals surface area contributed by atoms with E-state index in [1.807, 2.05) is 29.1 Å². The van der Waals surface area contributed by atoms with Gasteiger partial charge in [-0.25, -0.2) is 4.68 Å². The summed E-state index contributed by atoms with van der Waals surface area (Å²) in [5.41, 5.74) is 5.67. The van der Waals surface area contributed by atoms with E-state index in [1.54, 1.807) is 6.20 Å². The molecule has 1 aromatic heterocycles. The van der Waals surface area contributed by atoms with Gasteiger partial charge in [-0.3, -0.25) is 0 Å². The molecule has 0 aliphatic rings. The summed E-state index contributed by atoms with van der Waals surface area (Å²) in [6.45, 7) is 4.84. The highest BCUT2D eigenvalue weighted by Gasteiger charge is 2.02. The highest BCUT2D eigenvalue weighted by molar-refractivity contribution is 7.80. The molecule has 1 heterocycles. The minimum atomic E-state index is 0.623. The lowest BCUT2D eigenvalue weighted by Gasteiger charge is -2.13. The smallest absolute Gasteiger partial charge is 0.171 e. The van der Waals surface area contributed by atoms with Crippen LogP contribution in [-0.2, 0) is 6.54 Å². The van der Waals surface area contributed by atoms with Crippen LogP contribution in [0.1, 0.15) is 16.7 Å². The van der Waals surface area contributed by atoms with Gasteiger partial charge in [0.2, 0.25) is 0 Å². The molecule has 0 unspecified atom stereocenters. The zero-order valence-corrected chi connectivity index (χ0v) is 14.6. The maximum atomic E-state index is 5.38. The number of thiocarbonyl (C=S) groups is 1. The van der Waals surface area contributed by atoms with Gasteiger partial charge in [0.25, 0.3) is 0 Å². The summed E-state index contributed by atoms with van der Waals surface area (Å²) >= 11 is 5.38. The van der Waals surface area contributed by atoms with E-state index in [0.717, 1.165) is 16.9 Å². The summed E-state index contributed by atoms with van der Waals surface area (Å²) in [4.78, 5) is 0. The fraction of sp³-hybridized carbons (Fsp3) is 0.158. The number of anilines is 1. The van der Waals surface area contributed by atoms with Gasteiger partial charge in [-0.05, 0) is 61.5 Å². The van der Waals surface area contributed by atoms with Gasteiger partial charge in [-0.15, -0.1) is 0 Å². The highest BCUT2D eigenvalue weighted by Crippen LogP contribution is 2.16. The van der Waals surface area contributed by atoms with E-state index < -0.39 is 0 Å². The normalized spacial score (nSPS) is 10.4. The molecular formula is C19H20N4S. The van der Waals surface area contributed by atoms with E-state index in [9.17, 15) is 0 Å². The van der Waals surface area contributed by atoms with Gasteiger partial charge < -0.3 is 10.6 Å². The molecule has 0 fully saturated rings. The van der Waals surface area contributed by atoms with Gasteiger partial charge in [-0.2, -0.15) is 5.10 Å². The number of benzene rings is 2. The second-order valence-corrected chi connectivity index (χ2v) is 6.15. The van der Waals surface area contributed by atoms with Crippen LogP contribution >= 0.6 is 12.2 Å². The minimum Gasteiger partial charge on any atom is -0.358 e. The molecule has 0 aliphatic carbocycles. The van der Waals surface area contributed by atoms with Crippen molar-refractivity contribution in [2.75, 3.05) is 5.32 Å². The summed E-state index contributed by atoms with van der Waals surface area (Å²) in [6.07, 6.45) is 3.70. The van der Waals surface area contributed by atoms with Crippen LogP contribution in [-0.4, -0.2) is 14.9 Å². The molecule has 3 rings (SSSR count). The number of rotatable bonds is 4. The summed E-state index contributed by atoms with van der Waals surface area (Å²) in [5.74, 6) is 0. The molecule has 0 radical (unpaired) electrons. The number of aromatic nitrogens is 2. The predicted octanol–water partition coefficient (Wildman–Crippen LogP) is 3.98. The van der Waals surface area contributed by atoms with Crippen molar-refractivity contribution in [3.63, 3.8) is 0 Å². The molecule has 3 aromatic rings. The van der Waals surface area contributed by atoms with E-state index in [0.29, 0.717) is 11.7 Å². The highest BCUT2D eigenvalue weighted by atomic mass is 32.1. The fourth-order valence-corrected chi connectivity index (χ4v) is 2.67. The van der Waals surface area contributed by atoms with Crippen molar-refractivity contribution in [2.24, 2.45) is 0 Å². The van der Waals surface area contributed by atoms with Crippen molar-refractivity contribution in [1.29, 1.82) is 0 Å². The summed E-state index contributed by atoms with van der Waals surface area (Å²) in [6, 6.07) is 16.4. The largest absolute Gasteiger partial charge is 0.358 e. The second-order valence-electron chi connectivity index (χ2n) is 5.74. The van der Waals surface area contributed by atoms with Gasteiger partial charge in [0.15, 0.2) is 5.11 Å². The molecule has 2 aromatic carbocycles. The van der Waals surface area contributed by atoms with Gasteiger partial charge in [0.1, 0.15) is 0 Å². The first-order valence-electron chi connectivity index (χ1n) is 7.83. The van der Waals surface area contributed by atoms with E-state index in [4.69, 9.17) is 12.2 Å². The minimum absolute atomic E-state index is 0.623. The van der Waals surface area contributed by atoms with Crippen LogP contribution in [0.3, 0.4) is 0 Å². The monoisotopic (exact) mass is 336 g/mol. The third-order valence-corrected chi connectivity index (χ3v) is 4.03. The van der Waals surface area contributed by atoms with Gasteiger partial charge in [0, 0.05) is 24.6 Å². The zero-order valence-electron chi connectivity index (χ0n) is 13.8. The zero-order chi connectivity index (χ0) is 16.9. The first-order valence-corrected chi connectivity index (χ1v) is 8.24. The topological polar surface area (TPSA) is 41.9 Å². The molecule has 0 amide bonds. The predicted molar refractivity (Wildman–Crippen MR) is 103 cm³/mol. The fourth-order valence-electron chi connectivity index (χ4n) is 2.49. The lowest BCUT2D eigenvalue weighted by atomic mass is 10.1. The Hall–Kier alpha value is -2.66. The Bertz CT molecular complexity index is 823. The Balaban J connectivity index is 1.56. The Morgan fingerprint density at radius 2 is 1.92 bits per heavy atom. The third-order valence-electron chi connectivity index (χ3n) is 3.79. The Morgan fingerprint density at radius 1 is 1.12 bits per heavy atom. The molecule has 4 nitrogen and oxygen atoms in total. The Morgan fingerprint density at radius 3 is 2.58 bits per heavy atom. The summed E-state index contributed by atoms with van der Waals surface area (Å²) in [5, 5.41) is 11.3. The van der Waals surface area contributed by atoms with Crippen molar-refractivity contribution in [1.82, 2.24) is 15.1 Å². The van der Waals surface area contributed by atoms with E-state index in [-0.39, 0.29) is 0 Å². The lowest BCUT2D eigenvalue weighted by molar-refractivity contribution is 0.874. The van der Waals surface area contributed by atoms with Crippen LogP contribution in [0.15, 0.2) is 60.9 Å². The van der Waals surface area contributed by atoms with Crippen molar-refractivity contribution in [2.45, 2.75) is 20.4 Å². The maximum Gasteiger partial charge on any atom is 0.171 e. The number of nitrogens with one attached hydrogen (secondary N) is 2. The summed E-state index contributed by atoms with van der Waals surface area (Å²) < 4.78 is 1.84. The molecule has 0 bridgehead atoms. The third kappa shape index (κ3) is 4.00. The van der Waals surface area contributed by atoms with Crippen molar-refractivity contribution in [3.05, 3.63) is 77.6 Å². The van der Waals surface area contributed by atoms with Gasteiger partial charge in [0.05, 0.1) is 5.69 Å². The standard InChI is InChI=1S/C19H20N4S/c1-14-4-9-18(15(2)12-14)22-19(24)20-13-16-5-7-17(8-6-16)23-11-3-10-21-23/h3-12H,13H2,1-2H3,(H2,20,22,24). The number of hydrogen-bond acceptors (Lipinski definition) is 2. The molecular weight excluding hydrogens is 316 g/mol. The van der Waals surface area contributed by atoms with Crippen LogP contribution in [0.25, 0.3) is 5.69 Å². The molecule has 0 atom stereocenters. The quantitative estimate of drug-likeness (QED) is 0.707. The molecule has 2 N–H and O–H groups in total. The first-order chi connectivity index (χ1) is 11.6. The number of aryl methyl sites for hydroxylation is 2. The lowest BCUT2D eigenvalue weighted by Crippen LogP contribution is -2.28. The second kappa shape index (κ2) is 7.27. The summed E-state index contributed by atoms with van der Waals surface area (Å²) in [7, 11) is 0. The van der Waals surface area contributed by atoms with Crippen molar-refractivity contribution in [3.8, 4) is 5.69 Å². The average Bonchev–Trinajstić information content (AvgIpc) is 3.11. The van der Waals surface area contributed by atoms with Gasteiger partial charge >= 0.3 is 0 Å². The van der Waals surface area contributed by atoms with Crippen LogP contribution in [0.2, 0.25) is 0 Å².